The van der Waals surface area contributed by atoms with E-state index in [1.54, 1.807) is 41.4 Å². The number of thiophene rings is 1. The first-order valence-electron chi connectivity index (χ1n) is 10.0. The maximum absolute atomic E-state index is 12.9. The molecule has 1 aromatic carbocycles. The van der Waals surface area contributed by atoms with Crippen molar-refractivity contribution in [1.29, 1.82) is 0 Å². The first-order valence-corrected chi connectivity index (χ1v) is 10.9. The van der Waals surface area contributed by atoms with Gasteiger partial charge in [-0.3, -0.25) is 18.6 Å². The summed E-state index contributed by atoms with van der Waals surface area (Å²) in [4.78, 5) is 38.0. The van der Waals surface area contributed by atoms with Crippen molar-refractivity contribution in [3.63, 3.8) is 0 Å². The van der Waals surface area contributed by atoms with Crippen LogP contribution in [0.4, 0.5) is 0 Å². The van der Waals surface area contributed by atoms with Crippen LogP contribution in [-0.4, -0.2) is 40.7 Å². The standard InChI is InChI=1S/C22H18N6O4S/c1-12-17(13(2)28(25-12)14-7-5-4-6-8-14)18(29)21(31)32-11-16-23-24-22-26(3)20(30)19-15(27(16)22)9-10-33-19/h4-10H,11H2,1-3H3. The van der Waals surface area contributed by atoms with Crippen LogP contribution < -0.4 is 5.56 Å². The number of hydrogen-bond acceptors (Lipinski definition) is 8. The fourth-order valence-corrected chi connectivity index (χ4v) is 4.69. The molecular weight excluding hydrogens is 444 g/mol. The van der Waals surface area contributed by atoms with Gasteiger partial charge in [-0.15, -0.1) is 21.5 Å². The van der Waals surface area contributed by atoms with Gasteiger partial charge in [0.1, 0.15) is 4.70 Å². The molecule has 0 radical (unpaired) electrons. The van der Waals surface area contributed by atoms with E-state index in [0.29, 0.717) is 33.2 Å². The number of rotatable bonds is 5. The van der Waals surface area contributed by atoms with Crippen LogP contribution in [0.5, 0.6) is 0 Å². The van der Waals surface area contributed by atoms with Crippen LogP contribution in [0.15, 0.2) is 46.6 Å². The predicted octanol–water partition coefficient (Wildman–Crippen LogP) is 2.37. The van der Waals surface area contributed by atoms with Crippen LogP contribution in [0, 0.1) is 13.8 Å². The Kier molecular flexibility index (Phi) is 4.90. The molecule has 10 nitrogen and oxygen atoms in total. The van der Waals surface area contributed by atoms with E-state index in [1.165, 1.54) is 15.9 Å². The molecule has 0 spiro atoms. The number of carbonyl (C=O) groups is 2. The second-order valence-corrected chi connectivity index (χ2v) is 8.37. The monoisotopic (exact) mass is 462 g/mol. The van der Waals surface area contributed by atoms with Gasteiger partial charge in [0.15, 0.2) is 12.4 Å². The zero-order chi connectivity index (χ0) is 23.3. The Morgan fingerprint density at radius 1 is 1.09 bits per heavy atom. The summed E-state index contributed by atoms with van der Waals surface area (Å²) >= 11 is 1.30. The van der Waals surface area contributed by atoms with Crippen LogP contribution in [0.2, 0.25) is 0 Å². The maximum Gasteiger partial charge on any atom is 0.380 e. The summed E-state index contributed by atoms with van der Waals surface area (Å²) in [7, 11) is 1.60. The number of aryl methyl sites for hydroxylation is 2. The van der Waals surface area contributed by atoms with Gasteiger partial charge in [-0.25, -0.2) is 9.48 Å². The molecule has 0 aliphatic heterocycles. The third-order valence-corrected chi connectivity index (χ3v) is 6.33. The van der Waals surface area contributed by atoms with E-state index in [-0.39, 0.29) is 17.7 Å². The van der Waals surface area contributed by atoms with Crippen molar-refractivity contribution in [1.82, 2.24) is 28.9 Å². The van der Waals surface area contributed by atoms with Crippen molar-refractivity contribution < 1.29 is 14.3 Å². The molecule has 4 heterocycles. The molecule has 0 saturated carbocycles. The van der Waals surface area contributed by atoms with Crippen molar-refractivity contribution in [2.75, 3.05) is 0 Å². The van der Waals surface area contributed by atoms with Gasteiger partial charge in [0.05, 0.1) is 28.2 Å². The maximum atomic E-state index is 12.9. The highest BCUT2D eigenvalue weighted by Gasteiger charge is 2.27. The number of esters is 1. The first-order chi connectivity index (χ1) is 15.9. The lowest BCUT2D eigenvalue weighted by atomic mass is 10.1. The summed E-state index contributed by atoms with van der Waals surface area (Å²) in [6.07, 6.45) is 0. The Labute approximate surface area is 190 Å². The number of Topliss-reactive ketones (excluding diaryl/α,β-unsaturated/α-hetero) is 1. The van der Waals surface area contributed by atoms with Gasteiger partial charge in [0.2, 0.25) is 5.78 Å². The lowest BCUT2D eigenvalue weighted by Crippen LogP contribution is -2.21. The molecule has 0 aliphatic carbocycles. The molecule has 0 saturated heterocycles. The molecule has 4 aromatic heterocycles. The molecule has 0 unspecified atom stereocenters. The van der Waals surface area contributed by atoms with E-state index in [9.17, 15) is 14.4 Å². The molecule has 5 rings (SSSR count). The van der Waals surface area contributed by atoms with Crippen LogP contribution in [0.25, 0.3) is 21.7 Å². The van der Waals surface area contributed by atoms with Crippen LogP contribution >= 0.6 is 11.3 Å². The normalized spacial score (nSPS) is 11.4. The topological polar surface area (TPSA) is 113 Å². The number of carbonyl (C=O) groups excluding carboxylic acids is 2. The Morgan fingerprint density at radius 2 is 1.85 bits per heavy atom. The Balaban J connectivity index is 1.43. The summed E-state index contributed by atoms with van der Waals surface area (Å²) in [6, 6.07) is 11.1. The molecule has 11 heteroatoms. The van der Waals surface area contributed by atoms with Crippen molar-refractivity contribution in [3.8, 4) is 5.69 Å². The minimum atomic E-state index is -1.02. The van der Waals surface area contributed by atoms with Crippen LogP contribution in [0.1, 0.15) is 27.6 Å². The molecule has 166 valence electrons. The number of nitrogens with zero attached hydrogens (tertiary/aromatic N) is 6. The molecule has 0 bridgehead atoms. The first kappa shape index (κ1) is 20.8. The molecule has 0 aliphatic rings. The Bertz CT molecular complexity index is 1610. The van der Waals surface area contributed by atoms with E-state index in [1.807, 2.05) is 30.3 Å². The van der Waals surface area contributed by atoms with Gasteiger partial charge < -0.3 is 4.74 Å². The molecular formula is C22H18N6O4S. The largest absolute Gasteiger partial charge is 0.451 e. The number of ether oxygens (including phenoxy) is 1. The summed E-state index contributed by atoms with van der Waals surface area (Å²) in [5, 5.41) is 14.3. The lowest BCUT2D eigenvalue weighted by molar-refractivity contribution is -0.139. The highest BCUT2D eigenvalue weighted by Crippen LogP contribution is 2.21. The lowest BCUT2D eigenvalue weighted by Gasteiger charge is -2.07. The minimum absolute atomic E-state index is 0.181. The summed E-state index contributed by atoms with van der Waals surface area (Å²) in [5.41, 5.74) is 2.41. The molecule has 5 aromatic rings. The van der Waals surface area contributed by atoms with Gasteiger partial charge in [-0.05, 0) is 37.4 Å². The van der Waals surface area contributed by atoms with E-state index in [0.717, 1.165) is 5.69 Å². The van der Waals surface area contributed by atoms with Gasteiger partial charge in [-0.2, -0.15) is 5.10 Å². The van der Waals surface area contributed by atoms with E-state index < -0.39 is 11.8 Å². The number of ketones is 1. The van der Waals surface area contributed by atoms with Gasteiger partial charge in [-0.1, -0.05) is 18.2 Å². The fraction of sp³-hybridized carbons (Fsp3) is 0.182. The highest BCUT2D eigenvalue weighted by atomic mass is 32.1. The SMILES string of the molecule is Cc1nn(-c2ccccc2)c(C)c1C(=O)C(=O)OCc1nnc2n(C)c(=O)c3sccc3n12. The van der Waals surface area contributed by atoms with Crippen molar-refractivity contribution in [3.05, 3.63) is 74.9 Å². The number of benzene rings is 1. The second-order valence-electron chi connectivity index (χ2n) is 7.45. The zero-order valence-electron chi connectivity index (χ0n) is 18.0. The Hall–Kier alpha value is -4.12. The molecule has 0 atom stereocenters. The van der Waals surface area contributed by atoms with E-state index in [2.05, 4.69) is 15.3 Å². The van der Waals surface area contributed by atoms with Gasteiger partial charge in [0.25, 0.3) is 11.3 Å². The smallest absolute Gasteiger partial charge is 0.380 e. The predicted molar refractivity (Wildman–Crippen MR) is 121 cm³/mol. The number of para-hydroxylation sites is 1. The fourth-order valence-electron chi connectivity index (χ4n) is 3.84. The third kappa shape index (κ3) is 3.24. The third-order valence-electron chi connectivity index (χ3n) is 5.43. The average molecular weight is 462 g/mol. The van der Waals surface area contributed by atoms with Crippen molar-refractivity contribution in [2.45, 2.75) is 20.5 Å². The number of hydrogen-bond donors (Lipinski definition) is 0. The average Bonchev–Trinajstić information content (AvgIpc) is 3.53. The molecule has 0 amide bonds. The zero-order valence-corrected chi connectivity index (χ0v) is 18.8. The van der Waals surface area contributed by atoms with Crippen LogP contribution in [0.3, 0.4) is 0 Å². The Morgan fingerprint density at radius 3 is 2.61 bits per heavy atom. The van der Waals surface area contributed by atoms with E-state index in [4.69, 9.17) is 4.74 Å². The van der Waals surface area contributed by atoms with Crippen molar-refractivity contribution >= 4 is 39.1 Å². The van der Waals surface area contributed by atoms with Gasteiger partial charge >= 0.3 is 5.97 Å². The number of fused-ring (bicyclic) bond motifs is 3. The van der Waals surface area contributed by atoms with E-state index >= 15 is 0 Å². The number of aromatic nitrogens is 6. The quantitative estimate of drug-likeness (QED) is 0.224. The highest BCUT2D eigenvalue weighted by molar-refractivity contribution is 7.17. The van der Waals surface area contributed by atoms with Gasteiger partial charge in [0, 0.05) is 7.05 Å². The second kappa shape index (κ2) is 7.78. The summed E-state index contributed by atoms with van der Waals surface area (Å²) in [6.45, 7) is 3.12. The summed E-state index contributed by atoms with van der Waals surface area (Å²) < 4.78 is 10.5. The molecule has 0 fully saturated rings. The summed E-state index contributed by atoms with van der Waals surface area (Å²) in [5.74, 6) is -1.18. The minimum Gasteiger partial charge on any atom is -0.451 e. The van der Waals surface area contributed by atoms with Crippen LogP contribution in [-0.2, 0) is 23.2 Å². The molecule has 0 N–H and O–H groups in total. The molecule has 33 heavy (non-hydrogen) atoms. The van der Waals surface area contributed by atoms with Crippen molar-refractivity contribution in [2.24, 2.45) is 7.05 Å².